The Hall–Kier alpha value is -1.17. The molecular formula is C15H20ClFN2O2. The van der Waals surface area contributed by atoms with Crippen LogP contribution in [0.3, 0.4) is 0 Å². The molecule has 6 heteroatoms. The van der Waals surface area contributed by atoms with Gasteiger partial charge in [-0.05, 0) is 24.1 Å². The number of rotatable bonds is 4. The van der Waals surface area contributed by atoms with Gasteiger partial charge in [0, 0.05) is 39.8 Å². The summed E-state index contributed by atoms with van der Waals surface area (Å²) >= 11 is 5.69. The van der Waals surface area contributed by atoms with E-state index in [0.29, 0.717) is 13.1 Å². The molecular weight excluding hydrogens is 295 g/mol. The highest BCUT2D eigenvalue weighted by Gasteiger charge is 2.19. The van der Waals surface area contributed by atoms with Gasteiger partial charge in [0.05, 0.1) is 5.02 Å². The second-order valence-corrected chi connectivity index (χ2v) is 5.60. The molecule has 21 heavy (non-hydrogen) atoms. The van der Waals surface area contributed by atoms with Gasteiger partial charge < -0.3 is 9.64 Å². The molecule has 4 nitrogen and oxygen atoms in total. The Kier molecular flexibility index (Phi) is 5.96. The van der Waals surface area contributed by atoms with E-state index in [4.69, 9.17) is 16.3 Å². The van der Waals surface area contributed by atoms with Gasteiger partial charge in [-0.2, -0.15) is 0 Å². The predicted octanol–water partition coefficient (Wildman–Crippen LogP) is 2.16. The van der Waals surface area contributed by atoms with E-state index in [9.17, 15) is 9.18 Å². The standard InChI is InChI=1S/C15H20ClFN2O2/c1-21-11-15(20)19-6-2-5-18(7-8-19)10-12-3-4-13(16)14(17)9-12/h3-4,9H,2,5-8,10-11H2,1H3. The molecule has 1 saturated heterocycles. The van der Waals surface area contributed by atoms with Crippen LogP contribution in [0.2, 0.25) is 5.02 Å². The third-order valence-corrected chi connectivity index (χ3v) is 3.91. The largest absolute Gasteiger partial charge is 0.375 e. The van der Waals surface area contributed by atoms with Crippen molar-refractivity contribution in [3.63, 3.8) is 0 Å². The van der Waals surface area contributed by atoms with Crippen LogP contribution in [0.4, 0.5) is 4.39 Å². The molecule has 0 spiro atoms. The maximum absolute atomic E-state index is 13.4. The predicted molar refractivity (Wildman–Crippen MR) is 79.8 cm³/mol. The van der Waals surface area contributed by atoms with Crippen LogP contribution in [0.5, 0.6) is 0 Å². The summed E-state index contributed by atoms with van der Waals surface area (Å²) in [5, 5.41) is 0.144. The molecule has 1 fully saturated rings. The molecule has 1 aromatic carbocycles. The molecule has 1 heterocycles. The van der Waals surface area contributed by atoms with Gasteiger partial charge in [-0.25, -0.2) is 4.39 Å². The Bertz CT molecular complexity index is 499. The lowest BCUT2D eigenvalue weighted by Gasteiger charge is -2.22. The number of hydrogen-bond acceptors (Lipinski definition) is 3. The molecule has 0 saturated carbocycles. The molecule has 0 aromatic heterocycles. The van der Waals surface area contributed by atoms with Crippen LogP contribution in [-0.4, -0.2) is 55.6 Å². The van der Waals surface area contributed by atoms with Gasteiger partial charge in [0.25, 0.3) is 0 Å². The highest BCUT2D eigenvalue weighted by Crippen LogP contribution is 2.17. The van der Waals surface area contributed by atoms with Crippen molar-refractivity contribution in [1.29, 1.82) is 0 Å². The van der Waals surface area contributed by atoms with Crippen LogP contribution in [0.25, 0.3) is 0 Å². The third-order valence-electron chi connectivity index (χ3n) is 3.60. The first-order chi connectivity index (χ1) is 10.1. The van der Waals surface area contributed by atoms with E-state index in [0.717, 1.165) is 31.6 Å². The molecule has 1 aromatic rings. The van der Waals surface area contributed by atoms with Gasteiger partial charge in [0.2, 0.25) is 5.91 Å². The lowest BCUT2D eigenvalue weighted by atomic mass is 10.2. The van der Waals surface area contributed by atoms with Crippen LogP contribution < -0.4 is 0 Å². The number of ether oxygens (including phenoxy) is 1. The van der Waals surface area contributed by atoms with Crippen molar-refractivity contribution >= 4 is 17.5 Å². The number of nitrogens with zero attached hydrogens (tertiary/aromatic N) is 2. The fraction of sp³-hybridized carbons (Fsp3) is 0.533. The highest BCUT2D eigenvalue weighted by molar-refractivity contribution is 6.30. The van der Waals surface area contributed by atoms with Crippen LogP contribution in [-0.2, 0) is 16.1 Å². The first-order valence-corrected chi connectivity index (χ1v) is 7.41. The lowest BCUT2D eigenvalue weighted by molar-refractivity contribution is -0.135. The smallest absolute Gasteiger partial charge is 0.248 e. The Labute approximate surface area is 129 Å². The first kappa shape index (κ1) is 16.2. The molecule has 1 amide bonds. The van der Waals surface area contributed by atoms with Crippen molar-refractivity contribution < 1.29 is 13.9 Å². The Balaban J connectivity index is 1.90. The second kappa shape index (κ2) is 7.73. The molecule has 0 unspecified atom stereocenters. The van der Waals surface area contributed by atoms with E-state index >= 15 is 0 Å². The van der Waals surface area contributed by atoms with Crippen molar-refractivity contribution in [2.45, 2.75) is 13.0 Å². The zero-order valence-electron chi connectivity index (χ0n) is 12.1. The number of benzene rings is 1. The minimum Gasteiger partial charge on any atom is -0.375 e. The summed E-state index contributed by atoms with van der Waals surface area (Å²) in [5.74, 6) is -0.363. The van der Waals surface area contributed by atoms with Gasteiger partial charge in [0.1, 0.15) is 12.4 Å². The fourth-order valence-electron chi connectivity index (χ4n) is 2.49. The minimum absolute atomic E-state index is 0.0249. The van der Waals surface area contributed by atoms with Crippen LogP contribution in [0.15, 0.2) is 18.2 Å². The molecule has 0 bridgehead atoms. The van der Waals surface area contributed by atoms with Gasteiger partial charge in [-0.15, -0.1) is 0 Å². The van der Waals surface area contributed by atoms with Crippen LogP contribution in [0.1, 0.15) is 12.0 Å². The zero-order chi connectivity index (χ0) is 15.2. The summed E-state index contributed by atoms with van der Waals surface area (Å²) < 4.78 is 18.3. The molecule has 1 aliphatic rings. The lowest BCUT2D eigenvalue weighted by Crippen LogP contribution is -2.37. The van der Waals surface area contributed by atoms with E-state index in [-0.39, 0.29) is 23.4 Å². The molecule has 0 radical (unpaired) electrons. The summed E-state index contributed by atoms with van der Waals surface area (Å²) in [5.41, 5.74) is 0.897. The monoisotopic (exact) mass is 314 g/mol. The Morgan fingerprint density at radius 3 is 2.86 bits per heavy atom. The molecule has 116 valence electrons. The quantitative estimate of drug-likeness (QED) is 0.854. The van der Waals surface area contributed by atoms with E-state index in [1.165, 1.54) is 13.2 Å². The topological polar surface area (TPSA) is 32.8 Å². The van der Waals surface area contributed by atoms with Crippen LogP contribution in [0, 0.1) is 5.82 Å². The minimum atomic E-state index is -0.388. The Morgan fingerprint density at radius 2 is 2.14 bits per heavy atom. The summed E-state index contributed by atoms with van der Waals surface area (Å²) in [6.07, 6.45) is 0.908. The normalized spacial score (nSPS) is 16.8. The van der Waals surface area contributed by atoms with Crippen molar-refractivity contribution in [2.24, 2.45) is 0 Å². The number of methoxy groups -OCH3 is 1. The van der Waals surface area contributed by atoms with Gasteiger partial charge in [-0.3, -0.25) is 9.69 Å². The summed E-state index contributed by atoms with van der Waals surface area (Å²) in [6.45, 7) is 3.88. The fourth-order valence-corrected chi connectivity index (χ4v) is 2.61. The number of amides is 1. The summed E-state index contributed by atoms with van der Waals surface area (Å²) in [4.78, 5) is 15.9. The molecule has 2 rings (SSSR count). The van der Waals surface area contributed by atoms with Crippen molar-refractivity contribution in [2.75, 3.05) is 39.9 Å². The Morgan fingerprint density at radius 1 is 1.33 bits per heavy atom. The third kappa shape index (κ3) is 4.66. The molecule has 0 atom stereocenters. The second-order valence-electron chi connectivity index (χ2n) is 5.19. The van der Waals surface area contributed by atoms with Crippen molar-refractivity contribution in [3.8, 4) is 0 Å². The molecule has 0 aliphatic carbocycles. The number of hydrogen-bond donors (Lipinski definition) is 0. The van der Waals surface area contributed by atoms with E-state index in [1.54, 1.807) is 6.07 Å². The average molecular weight is 315 g/mol. The van der Waals surface area contributed by atoms with E-state index in [1.807, 2.05) is 11.0 Å². The zero-order valence-corrected chi connectivity index (χ0v) is 12.9. The highest BCUT2D eigenvalue weighted by atomic mass is 35.5. The van der Waals surface area contributed by atoms with Crippen molar-refractivity contribution in [3.05, 3.63) is 34.6 Å². The first-order valence-electron chi connectivity index (χ1n) is 7.03. The van der Waals surface area contributed by atoms with Crippen LogP contribution >= 0.6 is 11.6 Å². The maximum Gasteiger partial charge on any atom is 0.248 e. The van der Waals surface area contributed by atoms with Gasteiger partial charge in [0.15, 0.2) is 0 Å². The van der Waals surface area contributed by atoms with Crippen molar-refractivity contribution in [1.82, 2.24) is 9.80 Å². The number of carbonyl (C=O) groups excluding carboxylic acids is 1. The summed E-state index contributed by atoms with van der Waals surface area (Å²) in [6, 6.07) is 4.89. The molecule has 0 N–H and O–H groups in total. The SMILES string of the molecule is COCC(=O)N1CCCN(Cc2ccc(Cl)c(F)c2)CC1. The maximum atomic E-state index is 13.4. The van der Waals surface area contributed by atoms with E-state index < -0.39 is 0 Å². The summed E-state index contributed by atoms with van der Waals surface area (Å²) in [7, 11) is 1.52. The van der Waals surface area contributed by atoms with Gasteiger partial charge in [-0.1, -0.05) is 17.7 Å². The molecule has 1 aliphatic heterocycles. The number of halogens is 2. The average Bonchev–Trinajstić information content (AvgIpc) is 2.69. The number of carbonyl (C=O) groups is 1. The van der Waals surface area contributed by atoms with Gasteiger partial charge >= 0.3 is 0 Å². The van der Waals surface area contributed by atoms with E-state index in [2.05, 4.69) is 4.90 Å².